The highest BCUT2D eigenvalue weighted by Gasteiger charge is 2.76. The first-order valence-electron chi connectivity index (χ1n) is 9.58. The first-order valence-corrected chi connectivity index (χ1v) is 11.0. The molecular formula is C20H26O4S. The van der Waals surface area contributed by atoms with Gasteiger partial charge in [0.2, 0.25) is 0 Å². The maximum atomic E-state index is 13.2. The molecule has 0 radical (unpaired) electrons. The van der Waals surface area contributed by atoms with Crippen molar-refractivity contribution in [2.45, 2.75) is 74.7 Å². The van der Waals surface area contributed by atoms with Crippen molar-refractivity contribution in [2.75, 3.05) is 0 Å². The Morgan fingerprint density at radius 2 is 2.00 bits per heavy atom. The van der Waals surface area contributed by atoms with Crippen LogP contribution in [0.3, 0.4) is 0 Å². The van der Waals surface area contributed by atoms with Crippen molar-refractivity contribution >= 4 is 10.1 Å². The standard InChI is InChI=1S/C20H26O4S/c1-3-13(2)15-4-6-17(7-5-15)24-25(21,22)19-9-14-8-16(11-19)18-20(10-14,12-19)23-18/h4-7,13-14,16,18H,3,8-12H2,1-2H3. The van der Waals surface area contributed by atoms with Crippen LogP contribution >= 0.6 is 0 Å². The van der Waals surface area contributed by atoms with Crippen molar-refractivity contribution in [2.24, 2.45) is 11.8 Å². The van der Waals surface area contributed by atoms with E-state index >= 15 is 0 Å². The molecule has 6 rings (SSSR count). The highest BCUT2D eigenvalue weighted by Crippen LogP contribution is 2.69. The predicted octanol–water partition coefficient (Wildman–Crippen LogP) is 4.01. The smallest absolute Gasteiger partial charge is 0.315 e. The second-order valence-corrected chi connectivity index (χ2v) is 10.8. The normalized spacial score (nSPS) is 42.1. The Morgan fingerprint density at radius 1 is 1.24 bits per heavy atom. The van der Waals surface area contributed by atoms with E-state index in [2.05, 4.69) is 13.8 Å². The molecule has 25 heavy (non-hydrogen) atoms. The minimum Gasteiger partial charge on any atom is -0.382 e. The second kappa shape index (κ2) is 5.01. The molecule has 5 heteroatoms. The molecule has 4 saturated carbocycles. The number of hydrogen-bond donors (Lipinski definition) is 0. The van der Waals surface area contributed by atoms with E-state index in [-0.39, 0.29) is 5.60 Å². The summed E-state index contributed by atoms with van der Waals surface area (Å²) in [6, 6.07) is 7.57. The molecule has 1 spiro atoms. The Kier molecular flexibility index (Phi) is 3.23. The predicted molar refractivity (Wildman–Crippen MR) is 95.1 cm³/mol. The largest absolute Gasteiger partial charge is 0.382 e. The first kappa shape index (κ1) is 16.1. The van der Waals surface area contributed by atoms with Gasteiger partial charge in [-0.15, -0.1) is 0 Å². The van der Waals surface area contributed by atoms with Crippen LogP contribution in [0.5, 0.6) is 5.75 Å². The quantitative estimate of drug-likeness (QED) is 0.587. The molecule has 1 saturated heterocycles. The Hall–Kier alpha value is -1.07. The molecule has 1 aliphatic heterocycles. The molecule has 0 amide bonds. The highest BCUT2D eigenvalue weighted by atomic mass is 32.2. The van der Waals surface area contributed by atoms with Crippen molar-refractivity contribution < 1.29 is 17.3 Å². The third-order valence-electron chi connectivity index (χ3n) is 7.24. The van der Waals surface area contributed by atoms with Gasteiger partial charge in [0.05, 0.1) is 11.7 Å². The number of benzene rings is 1. The van der Waals surface area contributed by atoms with E-state index in [1.54, 1.807) is 12.1 Å². The van der Waals surface area contributed by atoms with E-state index in [9.17, 15) is 8.42 Å². The SMILES string of the molecule is CCC(C)c1ccc(OS(=O)(=O)C23CC4CC(C2)C2OC2(C4)C3)cc1. The summed E-state index contributed by atoms with van der Waals surface area (Å²) in [6.07, 6.45) is 5.65. The zero-order valence-corrected chi connectivity index (χ0v) is 15.7. The fourth-order valence-corrected chi connectivity index (χ4v) is 7.79. The summed E-state index contributed by atoms with van der Waals surface area (Å²) in [7, 11) is -3.66. The van der Waals surface area contributed by atoms with E-state index in [0.717, 1.165) is 25.7 Å². The number of rotatable bonds is 5. The molecule has 4 bridgehead atoms. The van der Waals surface area contributed by atoms with E-state index < -0.39 is 14.9 Å². The molecule has 0 aromatic heterocycles. The maximum absolute atomic E-state index is 13.2. The Balaban J connectivity index is 1.40. The van der Waals surface area contributed by atoms with Crippen LogP contribution in [-0.4, -0.2) is 24.9 Å². The summed E-state index contributed by atoms with van der Waals surface area (Å²) in [6.45, 7) is 4.33. The highest BCUT2D eigenvalue weighted by molar-refractivity contribution is 7.88. The van der Waals surface area contributed by atoms with Crippen LogP contribution in [0.15, 0.2) is 24.3 Å². The van der Waals surface area contributed by atoms with E-state index in [4.69, 9.17) is 8.92 Å². The van der Waals surface area contributed by atoms with Crippen LogP contribution in [0.25, 0.3) is 0 Å². The second-order valence-electron chi connectivity index (χ2n) is 8.85. The van der Waals surface area contributed by atoms with Gasteiger partial charge < -0.3 is 8.92 Å². The summed E-state index contributed by atoms with van der Waals surface area (Å²) in [5.74, 6) is 1.80. The minimum atomic E-state index is -3.66. The molecule has 0 N–H and O–H groups in total. The van der Waals surface area contributed by atoms with E-state index in [1.165, 1.54) is 5.56 Å². The molecule has 6 unspecified atom stereocenters. The van der Waals surface area contributed by atoms with E-state index in [1.807, 2.05) is 12.1 Å². The Morgan fingerprint density at radius 3 is 2.68 bits per heavy atom. The lowest BCUT2D eigenvalue weighted by Crippen LogP contribution is -2.59. The van der Waals surface area contributed by atoms with Crippen LogP contribution < -0.4 is 4.18 Å². The molecule has 4 aliphatic carbocycles. The third kappa shape index (κ3) is 2.24. The van der Waals surface area contributed by atoms with Crippen LogP contribution in [0, 0.1) is 11.8 Å². The molecule has 4 nitrogen and oxygen atoms in total. The summed E-state index contributed by atoms with van der Waals surface area (Å²) in [4.78, 5) is 0. The lowest BCUT2D eigenvalue weighted by atomic mass is 9.56. The molecule has 136 valence electrons. The van der Waals surface area contributed by atoms with Crippen molar-refractivity contribution in [1.29, 1.82) is 0 Å². The van der Waals surface area contributed by atoms with Crippen LogP contribution in [0.1, 0.15) is 63.9 Å². The lowest BCUT2D eigenvalue weighted by molar-refractivity contribution is 0.0711. The van der Waals surface area contributed by atoms with Gasteiger partial charge in [0.1, 0.15) is 10.5 Å². The maximum Gasteiger partial charge on any atom is 0.315 e. The van der Waals surface area contributed by atoms with Gasteiger partial charge in [0, 0.05) is 6.42 Å². The molecule has 5 aliphatic rings. The van der Waals surface area contributed by atoms with Crippen molar-refractivity contribution in [3.63, 3.8) is 0 Å². The van der Waals surface area contributed by atoms with Gasteiger partial charge >= 0.3 is 10.1 Å². The van der Waals surface area contributed by atoms with E-state index in [0.29, 0.717) is 42.4 Å². The fraction of sp³-hybridized carbons (Fsp3) is 0.700. The summed E-state index contributed by atoms with van der Waals surface area (Å²) in [5.41, 5.74) is 1.08. The Bertz CT molecular complexity index is 801. The summed E-state index contributed by atoms with van der Waals surface area (Å²) in [5, 5.41) is 0. The number of epoxide rings is 1. The van der Waals surface area contributed by atoms with Crippen molar-refractivity contribution in [3.05, 3.63) is 29.8 Å². The monoisotopic (exact) mass is 362 g/mol. The number of hydrogen-bond acceptors (Lipinski definition) is 4. The zero-order chi connectivity index (χ0) is 17.4. The average molecular weight is 362 g/mol. The minimum absolute atomic E-state index is 0.138. The molecule has 6 atom stereocenters. The number of ether oxygens (including phenoxy) is 1. The van der Waals surface area contributed by atoms with Gasteiger partial charge in [-0.2, -0.15) is 8.42 Å². The molecule has 1 aromatic rings. The third-order valence-corrected chi connectivity index (χ3v) is 9.19. The summed E-state index contributed by atoms with van der Waals surface area (Å²) < 4.78 is 37.3. The van der Waals surface area contributed by atoms with Gasteiger partial charge in [-0.3, -0.25) is 0 Å². The molecule has 1 aromatic carbocycles. The zero-order valence-electron chi connectivity index (χ0n) is 14.9. The van der Waals surface area contributed by atoms with Gasteiger partial charge in [-0.25, -0.2) is 0 Å². The lowest BCUT2D eigenvalue weighted by Gasteiger charge is -2.52. The first-order chi connectivity index (χ1) is 11.9. The molecule has 1 heterocycles. The van der Waals surface area contributed by atoms with Crippen LogP contribution in [0.2, 0.25) is 0 Å². The fourth-order valence-electron chi connectivity index (χ4n) is 5.97. The van der Waals surface area contributed by atoms with Crippen molar-refractivity contribution in [3.8, 4) is 5.75 Å². The van der Waals surface area contributed by atoms with Crippen molar-refractivity contribution in [1.82, 2.24) is 0 Å². The van der Waals surface area contributed by atoms with Gasteiger partial charge in [0.25, 0.3) is 0 Å². The topological polar surface area (TPSA) is 55.9 Å². The van der Waals surface area contributed by atoms with Gasteiger partial charge in [-0.05, 0) is 67.6 Å². The molecule has 5 fully saturated rings. The van der Waals surface area contributed by atoms with Gasteiger partial charge in [-0.1, -0.05) is 26.0 Å². The van der Waals surface area contributed by atoms with Gasteiger partial charge in [0.15, 0.2) is 0 Å². The van der Waals surface area contributed by atoms with Crippen LogP contribution in [-0.2, 0) is 14.9 Å². The average Bonchev–Trinajstić information content (AvgIpc) is 3.28. The summed E-state index contributed by atoms with van der Waals surface area (Å²) >= 11 is 0. The molecular weight excluding hydrogens is 336 g/mol. The Labute approximate surface area is 150 Å². The van der Waals surface area contributed by atoms with Crippen LogP contribution in [0.4, 0.5) is 0 Å².